The van der Waals surface area contributed by atoms with Gasteiger partial charge in [0.15, 0.2) is 5.69 Å². The molecule has 2 N–H and O–H groups in total. The number of nitrogens with zero attached hydrogens (tertiary/aromatic N) is 2. The van der Waals surface area contributed by atoms with E-state index in [0.717, 1.165) is 56.2 Å². The molecule has 0 radical (unpaired) electrons. The van der Waals surface area contributed by atoms with E-state index in [2.05, 4.69) is 27.7 Å². The van der Waals surface area contributed by atoms with E-state index in [4.69, 9.17) is 4.74 Å². The summed E-state index contributed by atoms with van der Waals surface area (Å²) in [6, 6.07) is 7.40. The van der Waals surface area contributed by atoms with E-state index < -0.39 is 0 Å². The van der Waals surface area contributed by atoms with Gasteiger partial charge >= 0.3 is 0 Å². The Morgan fingerprint density at radius 3 is 2.84 bits per heavy atom. The molecule has 3 aliphatic rings. The summed E-state index contributed by atoms with van der Waals surface area (Å²) in [6.07, 6.45) is 10.8. The SMILES string of the molecule is O=C1NCC2(C/C=C/CCOc3ccccc31)CCN(C(=O)c1n[nH]c3c1CCC3)CC2. The quantitative estimate of drug-likeness (QED) is 0.675. The minimum atomic E-state index is -0.102. The molecule has 0 saturated carbocycles. The van der Waals surface area contributed by atoms with E-state index in [-0.39, 0.29) is 17.2 Å². The Morgan fingerprint density at radius 1 is 1.12 bits per heavy atom. The van der Waals surface area contributed by atoms with Crippen LogP contribution in [0.2, 0.25) is 0 Å². The van der Waals surface area contributed by atoms with Gasteiger partial charge in [0.05, 0.1) is 12.2 Å². The summed E-state index contributed by atoms with van der Waals surface area (Å²) in [4.78, 5) is 28.0. The lowest BCUT2D eigenvalue weighted by atomic mass is 9.75. The minimum Gasteiger partial charge on any atom is -0.492 e. The van der Waals surface area contributed by atoms with Crippen molar-refractivity contribution in [3.05, 3.63) is 58.9 Å². The number of carbonyl (C=O) groups is 2. The van der Waals surface area contributed by atoms with Crippen LogP contribution >= 0.6 is 0 Å². The molecule has 7 nitrogen and oxygen atoms in total. The maximum atomic E-state index is 13.1. The summed E-state index contributed by atoms with van der Waals surface area (Å²) < 4.78 is 5.81. The Kier molecular flexibility index (Phi) is 5.72. The van der Waals surface area contributed by atoms with Crippen LogP contribution in [0.1, 0.15) is 64.2 Å². The number of aryl methyl sites for hydroxylation is 1. The summed E-state index contributed by atoms with van der Waals surface area (Å²) >= 11 is 0. The van der Waals surface area contributed by atoms with E-state index in [9.17, 15) is 9.59 Å². The number of benzene rings is 1. The highest BCUT2D eigenvalue weighted by Gasteiger charge is 2.37. The van der Waals surface area contributed by atoms with Gasteiger partial charge in [0.2, 0.25) is 0 Å². The number of H-pyrrole nitrogens is 1. The van der Waals surface area contributed by atoms with Gasteiger partial charge in [-0.2, -0.15) is 5.10 Å². The molecule has 7 heteroatoms. The summed E-state index contributed by atoms with van der Waals surface area (Å²) in [5.74, 6) is 0.563. The van der Waals surface area contributed by atoms with Crippen LogP contribution < -0.4 is 10.1 Å². The first kappa shape index (κ1) is 20.8. The van der Waals surface area contributed by atoms with Gasteiger partial charge in [0.25, 0.3) is 11.8 Å². The number of carbonyl (C=O) groups excluding carboxylic acids is 2. The van der Waals surface area contributed by atoms with Crippen molar-refractivity contribution in [3.63, 3.8) is 0 Å². The number of nitrogens with one attached hydrogen (secondary N) is 2. The molecule has 0 atom stereocenters. The molecule has 0 bridgehead atoms. The van der Waals surface area contributed by atoms with Crippen LogP contribution in [0.15, 0.2) is 36.4 Å². The van der Waals surface area contributed by atoms with E-state index in [1.165, 1.54) is 0 Å². The highest BCUT2D eigenvalue weighted by atomic mass is 16.5. The predicted molar refractivity (Wildman–Crippen MR) is 121 cm³/mol. The third-order valence-corrected chi connectivity index (χ3v) is 7.14. The fourth-order valence-electron chi connectivity index (χ4n) is 5.11. The second-order valence-corrected chi connectivity index (χ2v) is 9.17. The van der Waals surface area contributed by atoms with Crippen LogP contribution in [-0.2, 0) is 12.8 Å². The molecule has 5 rings (SSSR count). The maximum Gasteiger partial charge on any atom is 0.274 e. The molecular formula is C25H30N4O3. The van der Waals surface area contributed by atoms with Gasteiger partial charge in [0, 0.05) is 30.9 Å². The number of allylic oxidation sites excluding steroid dienone is 1. The monoisotopic (exact) mass is 434 g/mol. The van der Waals surface area contributed by atoms with Gasteiger partial charge in [-0.05, 0) is 62.5 Å². The van der Waals surface area contributed by atoms with Crippen molar-refractivity contribution in [2.24, 2.45) is 5.41 Å². The van der Waals surface area contributed by atoms with Crippen molar-refractivity contribution < 1.29 is 14.3 Å². The molecule has 2 amide bonds. The molecule has 168 valence electrons. The molecule has 3 heterocycles. The van der Waals surface area contributed by atoms with Crippen molar-refractivity contribution in [3.8, 4) is 5.75 Å². The smallest absolute Gasteiger partial charge is 0.274 e. The second-order valence-electron chi connectivity index (χ2n) is 9.17. The Bertz CT molecular complexity index is 1030. The first-order valence-corrected chi connectivity index (χ1v) is 11.7. The first-order chi connectivity index (χ1) is 15.7. The lowest BCUT2D eigenvalue weighted by Crippen LogP contribution is -2.48. The third-order valence-electron chi connectivity index (χ3n) is 7.14. The van der Waals surface area contributed by atoms with Crippen molar-refractivity contribution in [2.75, 3.05) is 26.2 Å². The average molecular weight is 435 g/mol. The molecule has 2 aliphatic heterocycles. The number of para-hydroxylation sites is 1. The number of aromatic nitrogens is 2. The number of rotatable bonds is 1. The van der Waals surface area contributed by atoms with Crippen molar-refractivity contribution >= 4 is 11.8 Å². The Balaban J connectivity index is 1.29. The van der Waals surface area contributed by atoms with Gasteiger partial charge in [0.1, 0.15) is 5.75 Å². The number of amides is 2. The summed E-state index contributed by atoms with van der Waals surface area (Å²) in [5, 5.41) is 10.5. The number of aromatic amines is 1. The van der Waals surface area contributed by atoms with E-state index in [1.807, 2.05) is 29.2 Å². The molecule has 1 aromatic carbocycles. The fourth-order valence-corrected chi connectivity index (χ4v) is 5.11. The zero-order valence-electron chi connectivity index (χ0n) is 18.4. The largest absolute Gasteiger partial charge is 0.492 e. The molecule has 2 aromatic rings. The third kappa shape index (κ3) is 4.04. The molecule has 1 saturated heterocycles. The summed E-state index contributed by atoms with van der Waals surface area (Å²) in [7, 11) is 0. The highest BCUT2D eigenvalue weighted by molar-refractivity contribution is 5.97. The maximum absolute atomic E-state index is 13.1. The number of piperidine rings is 1. The van der Waals surface area contributed by atoms with Gasteiger partial charge < -0.3 is 15.0 Å². The van der Waals surface area contributed by atoms with Crippen LogP contribution in [0.3, 0.4) is 0 Å². The Morgan fingerprint density at radius 2 is 1.97 bits per heavy atom. The van der Waals surface area contributed by atoms with E-state index >= 15 is 0 Å². The van der Waals surface area contributed by atoms with Gasteiger partial charge in [-0.15, -0.1) is 0 Å². The van der Waals surface area contributed by atoms with Crippen molar-refractivity contribution in [1.29, 1.82) is 0 Å². The minimum absolute atomic E-state index is 0.0399. The van der Waals surface area contributed by atoms with Crippen LogP contribution in [0.5, 0.6) is 5.75 Å². The Hall–Kier alpha value is -3.09. The fraction of sp³-hybridized carbons (Fsp3) is 0.480. The summed E-state index contributed by atoms with van der Waals surface area (Å²) in [6.45, 7) is 2.50. The standard InChI is InChI=1S/C25H30N4O3/c30-23-19-7-2-3-10-21(19)32-16-5-1-4-11-25(17-26-23)12-14-29(15-13-25)24(31)22-18-8-6-9-20(18)27-28-22/h1-4,7,10H,5-6,8-9,11-17H2,(H,26,30)(H,27,28)/b4-1+. The van der Waals surface area contributed by atoms with Crippen LogP contribution in [0.4, 0.5) is 0 Å². The highest BCUT2D eigenvalue weighted by Crippen LogP contribution is 2.36. The van der Waals surface area contributed by atoms with E-state index in [0.29, 0.717) is 43.2 Å². The zero-order valence-corrected chi connectivity index (χ0v) is 18.4. The molecule has 32 heavy (non-hydrogen) atoms. The molecule has 1 aliphatic carbocycles. The molecule has 1 aromatic heterocycles. The zero-order chi connectivity index (χ0) is 22.0. The van der Waals surface area contributed by atoms with Crippen LogP contribution in [-0.4, -0.2) is 53.2 Å². The Labute approximate surface area is 188 Å². The first-order valence-electron chi connectivity index (χ1n) is 11.7. The van der Waals surface area contributed by atoms with Gasteiger partial charge in [-0.3, -0.25) is 14.7 Å². The van der Waals surface area contributed by atoms with Crippen LogP contribution in [0, 0.1) is 5.41 Å². The van der Waals surface area contributed by atoms with Gasteiger partial charge in [-0.25, -0.2) is 0 Å². The molecule has 1 spiro atoms. The average Bonchev–Trinajstić information content (AvgIpc) is 3.44. The number of ether oxygens (including phenoxy) is 1. The topological polar surface area (TPSA) is 87.3 Å². The van der Waals surface area contributed by atoms with Crippen molar-refractivity contribution in [1.82, 2.24) is 20.4 Å². The summed E-state index contributed by atoms with van der Waals surface area (Å²) in [5.41, 5.74) is 3.37. The number of likely N-dealkylation sites (tertiary alicyclic amines) is 1. The lowest BCUT2D eigenvalue weighted by Gasteiger charge is -2.41. The lowest BCUT2D eigenvalue weighted by molar-refractivity contribution is 0.0560. The van der Waals surface area contributed by atoms with Crippen LogP contribution in [0.25, 0.3) is 0 Å². The number of hydrogen-bond donors (Lipinski definition) is 2. The van der Waals surface area contributed by atoms with E-state index in [1.54, 1.807) is 0 Å². The van der Waals surface area contributed by atoms with Gasteiger partial charge in [-0.1, -0.05) is 24.3 Å². The molecule has 0 unspecified atom stereocenters. The normalized spacial score (nSPS) is 21.5. The second kappa shape index (κ2) is 8.81. The molecule has 1 fully saturated rings. The molecular weight excluding hydrogens is 404 g/mol. The van der Waals surface area contributed by atoms with Crippen molar-refractivity contribution in [2.45, 2.75) is 44.9 Å². The predicted octanol–water partition coefficient (Wildman–Crippen LogP) is 3.28. The number of hydrogen-bond acceptors (Lipinski definition) is 4. The number of fused-ring (bicyclic) bond motifs is 2.